The van der Waals surface area contributed by atoms with E-state index < -0.39 is 0 Å². The fourth-order valence-electron chi connectivity index (χ4n) is 1.93. The van der Waals surface area contributed by atoms with Crippen molar-refractivity contribution in [1.82, 2.24) is 24.6 Å². The third kappa shape index (κ3) is 1.95. The second-order valence-corrected chi connectivity index (χ2v) is 4.40. The molecular weight excluding hydrogens is 254 g/mol. The Labute approximate surface area is 108 Å². The Kier molecular flexibility index (Phi) is 2.71. The van der Waals surface area contributed by atoms with Crippen molar-refractivity contribution in [1.29, 1.82) is 0 Å². The Hall–Kier alpha value is -1.95. The van der Waals surface area contributed by atoms with Crippen LogP contribution in [0.3, 0.4) is 0 Å². The van der Waals surface area contributed by atoms with Crippen molar-refractivity contribution in [3.05, 3.63) is 41.2 Å². The lowest BCUT2D eigenvalue weighted by Gasteiger charge is -2.26. The molecule has 0 radical (unpaired) electrons. The van der Waals surface area contributed by atoms with E-state index in [4.69, 9.17) is 11.6 Å². The maximum atomic E-state index is 12.2. The Morgan fingerprint density at radius 2 is 2.22 bits per heavy atom. The summed E-state index contributed by atoms with van der Waals surface area (Å²) in [6.45, 7) is 1.78. The molecule has 0 spiro atoms. The van der Waals surface area contributed by atoms with Gasteiger partial charge in [-0.2, -0.15) is 0 Å². The molecule has 0 bridgehead atoms. The second-order valence-electron chi connectivity index (χ2n) is 4.01. The molecule has 3 rings (SSSR count). The van der Waals surface area contributed by atoms with Crippen LogP contribution in [0.4, 0.5) is 0 Å². The van der Waals surface area contributed by atoms with Gasteiger partial charge in [-0.25, -0.2) is 4.98 Å². The van der Waals surface area contributed by atoms with Crippen molar-refractivity contribution in [2.24, 2.45) is 0 Å². The number of halogens is 1. The number of rotatable bonds is 1. The zero-order chi connectivity index (χ0) is 12.5. The van der Waals surface area contributed by atoms with E-state index in [1.807, 2.05) is 4.57 Å². The van der Waals surface area contributed by atoms with Crippen LogP contribution >= 0.6 is 11.6 Å². The first-order valence-electron chi connectivity index (χ1n) is 5.52. The summed E-state index contributed by atoms with van der Waals surface area (Å²) in [7, 11) is 0. The third-order valence-corrected chi connectivity index (χ3v) is 3.07. The topological polar surface area (TPSA) is 63.9 Å². The number of amides is 1. The minimum atomic E-state index is -0.133. The van der Waals surface area contributed by atoms with Gasteiger partial charge in [0.05, 0.1) is 6.54 Å². The molecule has 0 atom stereocenters. The molecule has 0 aliphatic carbocycles. The van der Waals surface area contributed by atoms with E-state index in [0.29, 0.717) is 30.5 Å². The van der Waals surface area contributed by atoms with Crippen LogP contribution in [0.15, 0.2) is 24.5 Å². The van der Waals surface area contributed by atoms with Gasteiger partial charge in [0.15, 0.2) is 5.82 Å². The van der Waals surface area contributed by atoms with Crippen LogP contribution in [-0.2, 0) is 13.1 Å². The van der Waals surface area contributed by atoms with Crippen molar-refractivity contribution < 1.29 is 4.79 Å². The zero-order valence-electron chi connectivity index (χ0n) is 9.45. The van der Waals surface area contributed by atoms with E-state index in [9.17, 15) is 4.79 Å². The number of nitrogens with zero attached hydrogens (tertiary/aromatic N) is 5. The molecule has 0 unspecified atom stereocenters. The van der Waals surface area contributed by atoms with Crippen molar-refractivity contribution >= 4 is 17.5 Å². The zero-order valence-corrected chi connectivity index (χ0v) is 10.2. The molecule has 2 aromatic heterocycles. The highest BCUT2D eigenvalue weighted by atomic mass is 35.5. The van der Waals surface area contributed by atoms with Gasteiger partial charge in [-0.1, -0.05) is 17.7 Å². The number of carbonyl (C=O) groups excluding carboxylic acids is 1. The van der Waals surface area contributed by atoms with Crippen LogP contribution in [0.1, 0.15) is 16.3 Å². The molecule has 7 heteroatoms. The standard InChI is InChI=1S/C11H10ClN5O/c12-9-3-1-2-8(14-9)11(18)16-4-5-17-7-13-15-10(17)6-16/h1-3,7H,4-6H2. The highest BCUT2D eigenvalue weighted by Gasteiger charge is 2.23. The molecule has 0 aromatic carbocycles. The summed E-state index contributed by atoms with van der Waals surface area (Å²) in [4.78, 5) is 18.0. The first-order chi connectivity index (χ1) is 8.74. The lowest BCUT2D eigenvalue weighted by molar-refractivity contribution is 0.0701. The molecule has 6 nitrogen and oxygen atoms in total. The molecule has 3 heterocycles. The highest BCUT2D eigenvalue weighted by molar-refractivity contribution is 6.29. The smallest absolute Gasteiger partial charge is 0.272 e. The molecule has 18 heavy (non-hydrogen) atoms. The third-order valence-electron chi connectivity index (χ3n) is 2.86. The molecule has 2 aromatic rings. The van der Waals surface area contributed by atoms with Gasteiger partial charge in [0, 0.05) is 13.1 Å². The summed E-state index contributed by atoms with van der Waals surface area (Å²) < 4.78 is 1.94. The largest absolute Gasteiger partial charge is 0.328 e. The predicted molar refractivity (Wildman–Crippen MR) is 64.0 cm³/mol. The lowest BCUT2D eigenvalue weighted by atomic mass is 10.3. The van der Waals surface area contributed by atoms with E-state index in [2.05, 4.69) is 15.2 Å². The van der Waals surface area contributed by atoms with Crippen molar-refractivity contribution in [2.45, 2.75) is 13.1 Å². The maximum Gasteiger partial charge on any atom is 0.272 e. The van der Waals surface area contributed by atoms with Gasteiger partial charge >= 0.3 is 0 Å². The van der Waals surface area contributed by atoms with Gasteiger partial charge in [0.25, 0.3) is 5.91 Å². The van der Waals surface area contributed by atoms with E-state index in [1.165, 1.54) is 0 Å². The van der Waals surface area contributed by atoms with Crippen LogP contribution < -0.4 is 0 Å². The van der Waals surface area contributed by atoms with E-state index >= 15 is 0 Å². The summed E-state index contributed by atoms with van der Waals surface area (Å²) in [6, 6.07) is 5.02. The van der Waals surface area contributed by atoms with Crippen molar-refractivity contribution in [3.8, 4) is 0 Å². The van der Waals surface area contributed by atoms with Gasteiger partial charge in [0.2, 0.25) is 0 Å². The van der Waals surface area contributed by atoms with Crippen molar-refractivity contribution in [2.75, 3.05) is 6.54 Å². The second kappa shape index (κ2) is 4.38. The molecule has 1 amide bonds. The molecule has 0 saturated carbocycles. The molecule has 92 valence electrons. The summed E-state index contributed by atoms with van der Waals surface area (Å²) in [5.74, 6) is 0.656. The van der Waals surface area contributed by atoms with Crippen LogP contribution in [0.2, 0.25) is 5.15 Å². The van der Waals surface area contributed by atoms with Gasteiger partial charge in [-0.15, -0.1) is 10.2 Å². The fourth-order valence-corrected chi connectivity index (χ4v) is 2.09. The first-order valence-corrected chi connectivity index (χ1v) is 5.90. The van der Waals surface area contributed by atoms with E-state index in [-0.39, 0.29) is 5.91 Å². The quantitative estimate of drug-likeness (QED) is 0.720. The molecule has 0 saturated heterocycles. The monoisotopic (exact) mass is 263 g/mol. The van der Waals surface area contributed by atoms with Crippen LogP contribution in [0.25, 0.3) is 0 Å². The lowest BCUT2D eigenvalue weighted by Crippen LogP contribution is -2.38. The molecule has 0 fully saturated rings. The Balaban J connectivity index is 1.83. The van der Waals surface area contributed by atoms with Gasteiger partial charge in [-0.3, -0.25) is 4.79 Å². The number of hydrogen-bond acceptors (Lipinski definition) is 4. The average Bonchev–Trinajstić information content (AvgIpc) is 2.85. The number of hydrogen-bond donors (Lipinski definition) is 0. The van der Waals surface area contributed by atoms with Crippen LogP contribution in [0, 0.1) is 0 Å². The SMILES string of the molecule is O=C(c1cccc(Cl)n1)N1CCn2cnnc2C1. The summed E-state index contributed by atoms with van der Waals surface area (Å²) in [5, 5.41) is 8.12. The van der Waals surface area contributed by atoms with Gasteiger partial charge in [0.1, 0.15) is 17.2 Å². The van der Waals surface area contributed by atoms with E-state index in [1.54, 1.807) is 29.4 Å². The molecule has 1 aliphatic heterocycles. The predicted octanol–water partition coefficient (Wildman–Crippen LogP) is 0.982. The highest BCUT2D eigenvalue weighted by Crippen LogP contribution is 2.13. The normalized spacial score (nSPS) is 14.4. The van der Waals surface area contributed by atoms with E-state index in [0.717, 1.165) is 5.82 Å². The van der Waals surface area contributed by atoms with Crippen molar-refractivity contribution in [3.63, 3.8) is 0 Å². The average molecular weight is 264 g/mol. The number of carbonyl (C=O) groups is 1. The number of pyridine rings is 1. The first kappa shape index (κ1) is 11.2. The summed E-state index contributed by atoms with van der Waals surface area (Å²) in [5.41, 5.74) is 0.357. The minimum absolute atomic E-state index is 0.133. The summed E-state index contributed by atoms with van der Waals surface area (Å²) >= 11 is 5.78. The molecule has 0 N–H and O–H groups in total. The fraction of sp³-hybridized carbons (Fsp3) is 0.273. The van der Waals surface area contributed by atoms with Crippen LogP contribution in [0.5, 0.6) is 0 Å². The minimum Gasteiger partial charge on any atom is -0.328 e. The number of aromatic nitrogens is 4. The Bertz CT molecular complexity index is 597. The van der Waals surface area contributed by atoms with Crippen LogP contribution in [-0.4, -0.2) is 37.1 Å². The number of fused-ring (bicyclic) bond motifs is 1. The molecular formula is C11H10ClN5O. The Morgan fingerprint density at radius 3 is 3.06 bits per heavy atom. The van der Waals surface area contributed by atoms with Gasteiger partial charge < -0.3 is 9.47 Å². The molecule has 1 aliphatic rings. The van der Waals surface area contributed by atoms with Gasteiger partial charge in [-0.05, 0) is 12.1 Å². The summed E-state index contributed by atoms with van der Waals surface area (Å²) in [6.07, 6.45) is 1.68. The Morgan fingerprint density at radius 1 is 1.33 bits per heavy atom. The maximum absolute atomic E-state index is 12.2.